The average molecular weight is 217 g/mol. The van der Waals surface area contributed by atoms with Gasteiger partial charge in [0.15, 0.2) is 0 Å². The fourth-order valence-corrected chi connectivity index (χ4v) is 1.85. The smallest absolute Gasteiger partial charge is 0.0257 e. The molecule has 1 aliphatic rings. The van der Waals surface area contributed by atoms with E-state index in [0.29, 0.717) is 0 Å². The maximum atomic E-state index is 5.71. The largest absolute Gasteiger partial charge is 0.297 e. The molecule has 86 valence electrons. The zero-order chi connectivity index (χ0) is 11.2. The lowest BCUT2D eigenvalue weighted by molar-refractivity contribution is 0.144. The van der Waals surface area contributed by atoms with Crippen LogP contribution >= 0.6 is 0 Å². The fraction of sp³-hybridized carbons (Fsp3) is 0.385. The van der Waals surface area contributed by atoms with Crippen LogP contribution in [0, 0.1) is 0 Å². The first kappa shape index (κ1) is 11.3. The molecule has 0 bridgehead atoms. The van der Waals surface area contributed by atoms with Crippen LogP contribution in [-0.4, -0.2) is 42.6 Å². The maximum absolute atomic E-state index is 5.71. The van der Waals surface area contributed by atoms with Crippen LogP contribution in [0.2, 0.25) is 0 Å². The van der Waals surface area contributed by atoms with E-state index >= 15 is 0 Å². The highest BCUT2D eigenvalue weighted by atomic mass is 15.4. The van der Waals surface area contributed by atoms with Gasteiger partial charge in [0, 0.05) is 32.7 Å². The van der Waals surface area contributed by atoms with E-state index in [2.05, 4.69) is 41.3 Å². The van der Waals surface area contributed by atoms with Gasteiger partial charge in [0.05, 0.1) is 0 Å². The van der Waals surface area contributed by atoms with Crippen molar-refractivity contribution >= 4 is 6.08 Å². The number of piperazine rings is 1. The minimum Gasteiger partial charge on any atom is -0.297 e. The quantitative estimate of drug-likeness (QED) is 0.772. The fourth-order valence-electron chi connectivity index (χ4n) is 1.85. The first-order chi connectivity index (χ1) is 7.84. The Hall–Kier alpha value is -1.16. The van der Waals surface area contributed by atoms with E-state index in [1.54, 1.807) is 0 Å². The number of hydrazine groups is 1. The SMILES string of the molecule is NN1CCN(CC=Cc2ccccc2)CC1. The summed E-state index contributed by atoms with van der Waals surface area (Å²) in [6.07, 6.45) is 4.40. The Morgan fingerprint density at radius 2 is 1.75 bits per heavy atom. The monoisotopic (exact) mass is 217 g/mol. The second kappa shape index (κ2) is 5.80. The molecular weight excluding hydrogens is 198 g/mol. The summed E-state index contributed by atoms with van der Waals surface area (Å²) in [4.78, 5) is 2.42. The molecule has 2 N–H and O–H groups in total. The summed E-state index contributed by atoms with van der Waals surface area (Å²) in [7, 11) is 0. The summed E-state index contributed by atoms with van der Waals surface area (Å²) >= 11 is 0. The molecule has 0 radical (unpaired) electrons. The number of benzene rings is 1. The molecule has 1 aliphatic heterocycles. The number of nitrogens with zero attached hydrogens (tertiary/aromatic N) is 2. The van der Waals surface area contributed by atoms with Gasteiger partial charge in [-0.05, 0) is 5.56 Å². The Balaban J connectivity index is 1.77. The molecule has 2 rings (SSSR count). The van der Waals surface area contributed by atoms with E-state index in [1.165, 1.54) is 5.56 Å². The van der Waals surface area contributed by atoms with Gasteiger partial charge >= 0.3 is 0 Å². The first-order valence-electron chi connectivity index (χ1n) is 5.78. The van der Waals surface area contributed by atoms with Gasteiger partial charge in [-0.2, -0.15) is 0 Å². The number of rotatable bonds is 3. The minimum absolute atomic E-state index is 0.971. The van der Waals surface area contributed by atoms with Crippen LogP contribution in [0.1, 0.15) is 5.56 Å². The van der Waals surface area contributed by atoms with E-state index < -0.39 is 0 Å². The molecule has 3 heteroatoms. The van der Waals surface area contributed by atoms with Gasteiger partial charge in [-0.1, -0.05) is 42.5 Å². The van der Waals surface area contributed by atoms with Crippen molar-refractivity contribution in [3.63, 3.8) is 0 Å². The standard InChI is InChI=1S/C13H19N3/c14-16-11-9-15(10-12-16)8-4-7-13-5-2-1-3-6-13/h1-7H,8-12,14H2. The summed E-state index contributed by atoms with van der Waals surface area (Å²) in [5.41, 5.74) is 1.26. The molecule has 3 nitrogen and oxygen atoms in total. The Morgan fingerprint density at radius 3 is 2.44 bits per heavy atom. The normalized spacial score (nSPS) is 19.3. The van der Waals surface area contributed by atoms with Gasteiger partial charge < -0.3 is 0 Å². The molecule has 0 spiro atoms. The Kier molecular flexibility index (Phi) is 4.10. The van der Waals surface area contributed by atoms with E-state index in [9.17, 15) is 0 Å². The highest BCUT2D eigenvalue weighted by Crippen LogP contribution is 2.02. The predicted octanol–water partition coefficient (Wildman–Crippen LogP) is 1.19. The molecule has 1 heterocycles. The number of hydrogen-bond donors (Lipinski definition) is 1. The van der Waals surface area contributed by atoms with Crippen LogP contribution in [0.15, 0.2) is 36.4 Å². The predicted molar refractivity (Wildman–Crippen MR) is 67.7 cm³/mol. The molecule has 1 aromatic rings. The summed E-state index contributed by atoms with van der Waals surface area (Å²) in [5, 5.41) is 1.89. The van der Waals surface area contributed by atoms with Crippen molar-refractivity contribution in [2.24, 2.45) is 5.84 Å². The van der Waals surface area contributed by atoms with Gasteiger partial charge in [0.1, 0.15) is 0 Å². The third-order valence-electron chi connectivity index (χ3n) is 2.88. The van der Waals surface area contributed by atoms with Gasteiger partial charge in [-0.3, -0.25) is 10.7 Å². The zero-order valence-electron chi connectivity index (χ0n) is 9.55. The Labute approximate surface area is 97.1 Å². The van der Waals surface area contributed by atoms with E-state index in [4.69, 9.17) is 5.84 Å². The number of hydrogen-bond acceptors (Lipinski definition) is 3. The maximum Gasteiger partial charge on any atom is 0.0257 e. The molecule has 16 heavy (non-hydrogen) atoms. The van der Waals surface area contributed by atoms with Crippen molar-refractivity contribution < 1.29 is 0 Å². The highest BCUT2D eigenvalue weighted by molar-refractivity contribution is 5.48. The summed E-state index contributed by atoms with van der Waals surface area (Å²) in [6, 6.07) is 10.4. The van der Waals surface area contributed by atoms with Crippen molar-refractivity contribution in [3.8, 4) is 0 Å². The Bertz CT molecular complexity index is 326. The molecule has 0 amide bonds. The van der Waals surface area contributed by atoms with Crippen LogP contribution < -0.4 is 5.84 Å². The molecule has 1 fully saturated rings. The second-order valence-electron chi connectivity index (χ2n) is 4.15. The molecular formula is C13H19N3. The van der Waals surface area contributed by atoms with Crippen molar-refractivity contribution in [1.29, 1.82) is 0 Å². The molecule has 0 saturated carbocycles. The third kappa shape index (κ3) is 3.45. The highest BCUT2D eigenvalue weighted by Gasteiger charge is 2.11. The Morgan fingerprint density at radius 1 is 1.06 bits per heavy atom. The third-order valence-corrected chi connectivity index (χ3v) is 2.88. The lowest BCUT2D eigenvalue weighted by Gasteiger charge is -2.31. The summed E-state index contributed by atoms with van der Waals surface area (Å²) in [5.74, 6) is 5.71. The van der Waals surface area contributed by atoms with Crippen LogP contribution in [-0.2, 0) is 0 Å². The van der Waals surface area contributed by atoms with Crippen molar-refractivity contribution in [2.75, 3.05) is 32.7 Å². The van der Waals surface area contributed by atoms with Crippen LogP contribution in [0.25, 0.3) is 6.08 Å². The van der Waals surface area contributed by atoms with E-state index in [1.807, 2.05) is 11.1 Å². The summed E-state index contributed by atoms with van der Waals surface area (Å²) in [6.45, 7) is 5.09. The number of nitrogens with two attached hydrogens (primary N) is 1. The topological polar surface area (TPSA) is 32.5 Å². The van der Waals surface area contributed by atoms with E-state index in [0.717, 1.165) is 32.7 Å². The molecule has 0 aromatic heterocycles. The molecule has 0 unspecified atom stereocenters. The molecule has 1 aromatic carbocycles. The van der Waals surface area contributed by atoms with Crippen LogP contribution in [0.5, 0.6) is 0 Å². The average Bonchev–Trinajstić information content (AvgIpc) is 2.33. The van der Waals surface area contributed by atoms with Gasteiger partial charge in [-0.25, -0.2) is 5.01 Å². The van der Waals surface area contributed by atoms with Crippen molar-refractivity contribution in [3.05, 3.63) is 42.0 Å². The molecule has 1 saturated heterocycles. The van der Waals surface area contributed by atoms with Crippen molar-refractivity contribution in [1.82, 2.24) is 9.91 Å². The minimum atomic E-state index is 0.971. The second-order valence-corrected chi connectivity index (χ2v) is 4.15. The van der Waals surface area contributed by atoms with Gasteiger partial charge in [0.25, 0.3) is 0 Å². The van der Waals surface area contributed by atoms with Gasteiger partial charge in [0.2, 0.25) is 0 Å². The lowest BCUT2D eigenvalue weighted by atomic mass is 10.2. The molecule has 0 aliphatic carbocycles. The first-order valence-corrected chi connectivity index (χ1v) is 5.78. The van der Waals surface area contributed by atoms with Crippen LogP contribution in [0.3, 0.4) is 0 Å². The zero-order valence-corrected chi connectivity index (χ0v) is 9.55. The lowest BCUT2D eigenvalue weighted by Crippen LogP contribution is -2.49. The molecule has 0 atom stereocenters. The van der Waals surface area contributed by atoms with Crippen molar-refractivity contribution in [2.45, 2.75) is 0 Å². The van der Waals surface area contributed by atoms with Crippen LogP contribution in [0.4, 0.5) is 0 Å². The van der Waals surface area contributed by atoms with E-state index in [-0.39, 0.29) is 0 Å². The summed E-state index contributed by atoms with van der Waals surface area (Å²) < 4.78 is 0. The van der Waals surface area contributed by atoms with Gasteiger partial charge in [-0.15, -0.1) is 0 Å².